The van der Waals surface area contributed by atoms with Crippen LogP contribution in [-0.2, 0) is 10.0 Å². The van der Waals surface area contributed by atoms with Crippen molar-refractivity contribution in [3.8, 4) is 0 Å². The molecule has 6 nitrogen and oxygen atoms in total. The lowest BCUT2D eigenvalue weighted by Gasteiger charge is -2.07. The van der Waals surface area contributed by atoms with Crippen LogP contribution in [0.5, 0.6) is 0 Å². The highest BCUT2D eigenvalue weighted by atomic mass is 35.5. The predicted molar refractivity (Wildman–Crippen MR) is 72.8 cm³/mol. The Morgan fingerprint density at radius 3 is 2.53 bits per heavy atom. The van der Waals surface area contributed by atoms with Gasteiger partial charge >= 0.3 is 0 Å². The summed E-state index contributed by atoms with van der Waals surface area (Å²) < 4.78 is 22.7. The molecule has 1 heterocycles. The molecule has 0 radical (unpaired) electrons. The molecule has 19 heavy (non-hydrogen) atoms. The minimum atomic E-state index is -3.98. The quantitative estimate of drug-likeness (QED) is 0.873. The Kier molecular flexibility index (Phi) is 3.38. The number of primary sulfonamides is 1. The lowest BCUT2D eigenvalue weighted by atomic mass is 10.2. The Bertz CT molecular complexity index is 812. The summed E-state index contributed by atoms with van der Waals surface area (Å²) in [6, 6.07) is 2.47. The standard InChI is InChI=1S/C11H12ClN3O3S/c1-5(2)10-14-8-4-7(12)9(19(13,17)18)3-6(8)11(16)15-10/h3-5H,1-2H3,(H2,13,17,18)(H,14,15,16). The number of nitrogens with one attached hydrogen (secondary N) is 1. The van der Waals surface area contributed by atoms with Gasteiger partial charge in [-0.1, -0.05) is 25.4 Å². The molecule has 3 N–H and O–H groups in total. The number of aromatic nitrogens is 2. The van der Waals surface area contributed by atoms with E-state index < -0.39 is 15.6 Å². The van der Waals surface area contributed by atoms with E-state index in [1.807, 2.05) is 13.8 Å². The number of fused-ring (bicyclic) bond motifs is 1. The molecule has 0 aliphatic carbocycles. The highest BCUT2D eigenvalue weighted by Crippen LogP contribution is 2.24. The molecule has 0 saturated carbocycles. The maximum absolute atomic E-state index is 11.9. The van der Waals surface area contributed by atoms with Crippen LogP contribution < -0.4 is 10.7 Å². The topological polar surface area (TPSA) is 106 Å². The van der Waals surface area contributed by atoms with Crippen LogP contribution in [-0.4, -0.2) is 18.4 Å². The Morgan fingerprint density at radius 2 is 2.00 bits per heavy atom. The molecular formula is C11H12ClN3O3S. The van der Waals surface area contributed by atoms with Gasteiger partial charge in [0.05, 0.1) is 15.9 Å². The molecule has 0 fully saturated rings. The van der Waals surface area contributed by atoms with Gasteiger partial charge in [0.25, 0.3) is 5.56 Å². The van der Waals surface area contributed by atoms with Gasteiger partial charge in [0.1, 0.15) is 10.7 Å². The van der Waals surface area contributed by atoms with E-state index in [9.17, 15) is 13.2 Å². The van der Waals surface area contributed by atoms with Gasteiger partial charge in [-0.25, -0.2) is 18.5 Å². The maximum atomic E-state index is 11.9. The smallest absolute Gasteiger partial charge is 0.258 e. The van der Waals surface area contributed by atoms with Crippen LogP contribution in [0.4, 0.5) is 0 Å². The molecule has 2 rings (SSSR count). The van der Waals surface area contributed by atoms with Gasteiger partial charge < -0.3 is 4.98 Å². The number of nitrogens with two attached hydrogens (primary N) is 1. The van der Waals surface area contributed by atoms with Crippen molar-refractivity contribution in [2.75, 3.05) is 0 Å². The molecule has 0 spiro atoms. The number of hydrogen-bond acceptors (Lipinski definition) is 4. The van der Waals surface area contributed by atoms with Crippen LogP contribution in [0.15, 0.2) is 21.8 Å². The number of benzene rings is 1. The van der Waals surface area contributed by atoms with Crippen LogP contribution in [0.25, 0.3) is 10.9 Å². The molecule has 8 heteroatoms. The third-order valence-electron chi connectivity index (χ3n) is 2.63. The van der Waals surface area contributed by atoms with Crippen molar-refractivity contribution in [3.63, 3.8) is 0 Å². The predicted octanol–water partition coefficient (Wildman–Crippen LogP) is 1.35. The van der Waals surface area contributed by atoms with Crippen molar-refractivity contribution >= 4 is 32.5 Å². The molecule has 2 aromatic rings. The van der Waals surface area contributed by atoms with Crippen LogP contribution in [0.2, 0.25) is 5.02 Å². The first-order valence-electron chi connectivity index (χ1n) is 5.46. The number of aromatic amines is 1. The van der Waals surface area contributed by atoms with Gasteiger partial charge in [0, 0.05) is 5.92 Å². The van der Waals surface area contributed by atoms with Crippen LogP contribution in [0.3, 0.4) is 0 Å². The SMILES string of the molecule is CC(C)c1nc2cc(Cl)c(S(N)(=O)=O)cc2c(=O)[nH]1. The van der Waals surface area contributed by atoms with Crippen molar-refractivity contribution in [3.05, 3.63) is 33.3 Å². The molecule has 0 bridgehead atoms. The van der Waals surface area contributed by atoms with E-state index in [0.29, 0.717) is 11.3 Å². The normalized spacial score (nSPS) is 12.3. The zero-order chi connectivity index (χ0) is 14.4. The first kappa shape index (κ1) is 14.0. The van der Waals surface area contributed by atoms with Gasteiger partial charge in [-0.2, -0.15) is 0 Å². The summed E-state index contributed by atoms with van der Waals surface area (Å²) in [5.41, 5.74) is -0.0832. The summed E-state index contributed by atoms with van der Waals surface area (Å²) in [5.74, 6) is 0.547. The summed E-state index contributed by atoms with van der Waals surface area (Å²) in [7, 11) is -3.98. The molecule has 1 aromatic heterocycles. The van der Waals surface area contributed by atoms with E-state index >= 15 is 0 Å². The minimum absolute atomic E-state index is 0.0359. The highest BCUT2D eigenvalue weighted by Gasteiger charge is 2.16. The second-order valence-electron chi connectivity index (χ2n) is 4.45. The fraction of sp³-hybridized carbons (Fsp3) is 0.273. The summed E-state index contributed by atoms with van der Waals surface area (Å²) in [6.07, 6.45) is 0. The Morgan fingerprint density at radius 1 is 1.37 bits per heavy atom. The van der Waals surface area contributed by atoms with E-state index in [-0.39, 0.29) is 21.2 Å². The van der Waals surface area contributed by atoms with Crippen molar-refractivity contribution in [1.29, 1.82) is 0 Å². The average Bonchev–Trinajstić information content (AvgIpc) is 2.25. The first-order valence-corrected chi connectivity index (χ1v) is 7.39. The fourth-order valence-corrected chi connectivity index (χ4v) is 2.74. The van der Waals surface area contributed by atoms with Gasteiger partial charge in [0.15, 0.2) is 0 Å². The molecule has 102 valence electrons. The Balaban J connectivity index is 2.87. The second kappa shape index (κ2) is 4.59. The van der Waals surface area contributed by atoms with E-state index in [2.05, 4.69) is 9.97 Å². The van der Waals surface area contributed by atoms with Gasteiger partial charge in [-0.15, -0.1) is 0 Å². The minimum Gasteiger partial charge on any atom is -0.310 e. The summed E-state index contributed by atoms with van der Waals surface area (Å²) >= 11 is 5.86. The molecular weight excluding hydrogens is 290 g/mol. The van der Waals surface area contributed by atoms with Crippen molar-refractivity contribution in [1.82, 2.24) is 9.97 Å². The molecule has 0 aliphatic heterocycles. The summed E-state index contributed by atoms with van der Waals surface area (Å²) in [4.78, 5) is 18.5. The van der Waals surface area contributed by atoms with E-state index in [4.69, 9.17) is 16.7 Å². The molecule has 0 saturated heterocycles. The second-order valence-corrected chi connectivity index (χ2v) is 6.39. The Labute approximate surface area is 114 Å². The van der Waals surface area contributed by atoms with Crippen molar-refractivity contribution in [2.45, 2.75) is 24.7 Å². The zero-order valence-corrected chi connectivity index (χ0v) is 11.8. The highest BCUT2D eigenvalue weighted by molar-refractivity contribution is 7.89. The number of H-pyrrole nitrogens is 1. The first-order chi connectivity index (χ1) is 8.70. The van der Waals surface area contributed by atoms with E-state index in [1.165, 1.54) is 6.07 Å². The molecule has 0 aliphatic rings. The van der Waals surface area contributed by atoms with E-state index in [0.717, 1.165) is 6.07 Å². The summed E-state index contributed by atoms with van der Waals surface area (Å²) in [5, 5.41) is 5.12. The molecule has 1 aromatic carbocycles. The van der Waals surface area contributed by atoms with Crippen LogP contribution in [0, 0.1) is 0 Å². The van der Waals surface area contributed by atoms with Gasteiger partial charge in [0.2, 0.25) is 10.0 Å². The number of nitrogens with zero attached hydrogens (tertiary/aromatic N) is 1. The zero-order valence-electron chi connectivity index (χ0n) is 10.3. The summed E-state index contributed by atoms with van der Waals surface area (Å²) in [6.45, 7) is 3.76. The number of hydrogen-bond donors (Lipinski definition) is 2. The molecule has 0 atom stereocenters. The van der Waals surface area contributed by atoms with Crippen molar-refractivity contribution < 1.29 is 8.42 Å². The third-order valence-corrected chi connectivity index (χ3v) is 4.01. The van der Waals surface area contributed by atoms with Gasteiger partial charge in [-0.3, -0.25) is 4.79 Å². The maximum Gasteiger partial charge on any atom is 0.258 e. The number of rotatable bonds is 2. The van der Waals surface area contributed by atoms with Crippen LogP contribution >= 0.6 is 11.6 Å². The number of halogens is 1. The van der Waals surface area contributed by atoms with E-state index in [1.54, 1.807) is 0 Å². The Hall–Kier alpha value is -1.44. The van der Waals surface area contributed by atoms with Crippen molar-refractivity contribution in [2.24, 2.45) is 5.14 Å². The average molecular weight is 302 g/mol. The fourth-order valence-electron chi connectivity index (χ4n) is 1.65. The van der Waals surface area contributed by atoms with Crippen LogP contribution in [0.1, 0.15) is 25.6 Å². The number of sulfonamides is 1. The lowest BCUT2D eigenvalue weighted by Crippen LogP contribution is -2.16. The third kappa shape index (κ3) is 2.63. The largest absolute Gasteiger partial charge is 0.310 e. The molecule has 0 amide bonds. The van der Waals surface area contributed by atoms with Gasteiger partial charge in [-0.05, 0) is 12.1 Å². The molecule has 0 unspecified atom stereocenters. The lowest BCUT2D eigenvalue weighted by molar-refractivity contribution is 0.598. The monoisotopic (exact) mass is 301 g/mol.